The van der Waals surface area contributed by atoms with E-state index in [1.165, 1.54) is 18.7 Å². The molecule has 7 nitrogen and oxygen atoms in total. The van der Waals surface area contributed by atoms with Crippen molar-refractivity contribution in [2.24, 2.45) is 0 Å². The molecule has 3 rings (SSSR count). The van der Waals surface area contributed by atoms with Crippen LogP contribution in [-0.4, -0.2) is 56.7 Å². The van der Waals surface area contributed by atoms with E-state index in [0.717, 1.165) is 18.7 Å². The highest BCUT2D eigenvalue weighted by molar-refractivity contribution is 6.40. The molecule has 8 heteroatoms. The Bertz CT molecular complexity index is 882. The molecule has 1 heterocycles. The van der Waals surface area contributed by atoms with Crippen LogP contribution in [0.1, 0.15) is 17.2 Å². The number of benzene rings is 2. The molecule has 0 aliphatic carbocycles. The third kappa shape index (κ3) is 5.72. The zero-order valence-corrected chi connectivity index (χ0v) is 17.9. The lowest BCUT2D eigenvalue weighted by atomic mass is 10.0. The minimum Gasteiger partial charge on any atom is -0.495 e. The Balaban J connectivity index is 1.67. The SMILES string of the molecule is COc1ccc(Cl)cc1NC(=O)C(=O)NCC(c1ccc(C)cc1)N1CCOCC1. The summed E-state index contributed by atoms with van der Waals surface area (Å²) in [6.07, 6.45) is 0. The summed E-state index contributed by atoms with van der Waals surface area (Å²) < 4.78 is 10.7. The van der Waals surface area contributed by atoms with Gasteiger partial charge in [0.05, 0.1) is 32.1 Å². The quantitative estimate of drug-likeness (QED) is 0.687. The van der Waals surface area contributed by atoms with Crippen LogP contribution in [0.15, 0.2) is 42.5 Å². The van der Waals surface area contributed by atoms with Crippen molar-refractivity contribution in [1.82, 2.24) is 10.2 Å². The van der Waals surface area contributed by atoms with Crippen LogP contribution in [0.4, 0.5) is 5.69 Å². The van der Waals surface area contributed by atoms with Crippen molar-refractivity contribution in [3.8, 4) is 5.75 Å². The van der Waals surface area contributed by atoms with E-state index in [-0.39, 0.29) is 6.04 Å². The highest BCUT2D eigenvalue weighted by atomic mass is 35.5. The number of rotatable bonds is 6. The minimum atomic E-state index is -0.778. The summed E-state index contributed by atoms with van der Waals surface area (Å²) in [5.74, 6) is -1.08. The van der Waals surface area contributed by atoms with Crippen molar-refractivity contribution < 1.29 is 19.1 Å². The number of nitrogens with zero attached hydrogens (tertiary/aromatic N) is 1. The molecule has 1 aliphatic rings. The van der Waals surface area contributed by atoms with Crippen LogP contribution in [0.25, 0.3) is 0 Å². The lowest BCUT2D eigenvalue weighted by Crippen LogP contribution is -2.45. The number of hydrogen-bond acceptors (Lipinski definition) is 5. The third-order valence-corrected chi connectivity index (χ3v) is 5.26. The first-order chi connectivity index (χ1) is 14.5. The van der Waals surface area contributed by atoms with Gasteiger partial charge < -0.3 is 20.1 Å². The van der Waals surface area contributed by atoms with Crippen LogP contribution in [0, 0.1) is 6.92 Å². The second kappa shape index (κ2) is 10.4. The predicted molar refractivity (Wildman–Crippen MR) is 116 cm³/mol. The first kappa shape index (κ1) is 22.1. The van der Waals surface area contributed by atoms with Crippen molar-refractivity contribution in [1.29, 1.82) is 0 Å². The second-order valence-electron chi connectivity index (χ2n) is 7.08. The summed E-state index contributed by atoms with van der Waals surface area (Å²) in [4.78, 5) is 27.1. The first-order valence-corrected chi connectivity index (χ1v) is 10.2. The highest BCUT2D eigenvalue weighted by Crippen LogP contribution is 2.27. The zero-order chi connectivity index (χ0) is 21.5. The Kier molecular flexibility index (Phi) is 7.68. The Labute approximate surface area is 181 Å². The lowest BCUT2D eigenvalue weighted by molar-refractivity contribution is -0.136. The average Bonchev–Trinajstić information content (AvgIpc) is 2.76. The summed E-state index contributed by atoms with van der Waals surface area (Å²) in [7, 11) is 1.48. The number of anilines is 1. The molecule has 0 saturated carbocycles. The molecule has 0 radical (unpaired) electrons. The normalized spacial score (nSPS) is 15.3. The number of ether oxygens (including phenoxy) is 2. The number of halogens is 1. The van der Waals surface area contributed by atoms with E-state index < -0.39 is 11.8 Å². The Morgan fingerprint density at radius 2 is 1.83 bits per heavy atom. The Morgan fingerprint density at radius 3 is 2.50 bits per heavy atom. The number of aryl methyl sites for hydroxylation is 1. The minimum absolute atomic E-state index is 0.0491. The van der Waals surface area contributed by atoms with Gasteiger partial charge in [0, 0.05) is 24.7 Å². The van der Waals surface area contributed by atoms with Crippen LogP contribution in [-0.2, 0) is 14.3 Å². The fourth-order valence-electron chi connectivity index (χ4n) is 3.36. The zero-order valence-electron chi connectivity index (χ0n) is 17.1. The number of amides is 2. The van der Waals surface area contributed by atoms with Crippen LogP contribution in [0.3, 0.4) is 0 Å². The fourth-order valence-corrected chi connectivity index (χ4v) is 3.53. The van der Waals surface area contributed by atoms with E-state index in [4.69, 9.17) is 21.1 Å². The molecular formula is C22H26ClN3O4. The summed E-state index contributed by atoms with van der Waals surface area (Å²) in [6.45, 7) is 5.16. The smallest absolute Gasteiger partial charge is 0.313 e. The van der Waals surface area contributed by atoms with E-state index in [2.05, 4.69) is 27.7 Å². The number of methoxy groups -OCH3 is 1. The van der Waals surface area contributed by atoms with Crippen LogP contribution in [0.5, 0.6) is 5.75 Å². The van der Waals surface area contributed by atoms with Gasteiger partial charge in [-0.3, -0.25) is 14.5 Å². The van der Waals surface area contributed by atoms with Gasteiger partial charge in [-0.05, 0) is 30.7 Å². The van der Waals surface area contributed by atoms with E-state index in [1.807, 2.05) is 19.1 Å². The molecule has 0 bridgehead atoms. The van der Waals surface area contributed by atoms with Gasteiger partial charge in [0.15, 0.2) is 0 Å². The van der Waals surface area contributed by atoms with Gasteiger partial charge in [0.1, 0.15) is 5.75 Å². The van der Waals surface area contributed by atoms with Crippen LogP contribution in [0.2, 0.25) is 5.02 Å². The average molecular weight is 432 g/mol. The molecule has 1 fully saturated rings. The number of nitrogens with one attached hydrogen (secondary N) is 2. The number of morpholine rings is 1. The fraction of sp³-hybridized carbons (Fsp3) is 0.364. The Hall–Kier alpha value is -2.61. The molecule has 1 aliphatic heterocycles. The monoisotopic (exact) mass is 431 g/mol. The van der Waals surface area contributed by atoms with Gasteiger partial charge in [-0.15, -0.1) is 0 Å². The molecular weight excluding hydrogens is 406 g/mol. The topological polar surface area (TPSA) is 79.9 Å². The number of carbonyl (C=O) groups excluding carboxylic acids is 2. The van der Waals surface area contributed by atoms with Crippen LogP contribution >= 0.6 is 11.6 Å². The molecule has 2 aromatic carbocycles. The first-order valence-electron chi connectivity index (χ1n) is 9.79. The summed E-state index contributed by atoms with van der Waals surface area (Å²) in [5, 5.41) is 5.75. The molecule has 0 aromatic heterocycles. The van der Waals surface area contributed by atoms with Gasteiger partial charge in [0.25, 0.3) is 0 Å². The van der Waals surface area contributed by atoms with E-state index in [1.54, 1.807) is 12.1 Å². The lowest BCUT2D eigenvalue weighted by Gasteiger charge is -2.35. The number of carbonyl (C=O) groups is 2. The molecule has 2 aromatic rings. The maximum Gasteiger partial charge on any atom is 0.313 e. The van der Waals surface area contributed by atoms with E-state index in [9.17, 15) is 9.59 Å². The maximum atomic E-state index is 12.5. The standard InChI is InChI=1S/C22H26ClN3O4/c1-15-3-5-16(6-4-15)19(26-9-11-30-12-10-26)14-24-21(27)22(28)25-18-13-17(23)7-8-20(18)29-2/h3-8,13,19H,9-12,14H2,1-2H3,(H,24,27)(H,25,28). The van der Waals surface area contributed by atoms with Crippen molar-refractivity contribution >= 4 is 29.1 Å². The van der Waals surface area contributed by atoms with E-state index in [0.29, 0.717) is 36.2 Å². The second-order valence-corrected chi connectivity index (χ2v) is 7.52. The Morgan fingerprint density at radius 1 is 1.13 bits per heavy atom. The maximum absolute atomic E-state index is 12.5. The van der Waals surface area contributed by atoms with Crippen LogP contribution < -0.4 is 15.4 Å². The van der Waals surface area contributed by atoms with Gasteiger partial charge >= 0.3 is 11.8 Å². The van der Waals surface area contributed by atoms with Crippen molar-refractivity contribution in [2.45, 2.75) is 13.0 Å². The molecule has 0 spiro atoms. The molecule has 2 amide bonds. The molecule has 1 unspecified atom stereocenters. The van der Waals surface area contributed by atoms with E-state index >= 15 is 0 Å². The third-order valence-electron chi connectivity index (χ3n) is 5.02. The molecule has 2 N–H and O–H groups in total. The van der Waals surface area contributed by atoms with Gasteiger partial charge in [-0.2, -0.15) is 0 Å². The van der Waals surface area contributed by atoms with Gasteiger partial charge in [0.2, 0.25) is 0 Å². The van der Waals surface area contributed by atoms with Gasteiger partial charge in [-0.1, -0.05) is 41.4 Å². The van der Waals surface area contributed by atoms with Crippen molar-refractivity contribution in [3.63, 3.8) is 0 Å². The van der Waals surface area contributed by atoms with Crippen molar-refractivity contribution in [3.05, 3.63) is 58.6 Å². The summed E-state index contributed by atoms with van der Waals surface area (Å²) >= 11 is 5.98. The highest BCUT2D eigenvalue weighted by Gasteiger charge is 2.25. The predicted octanol–water partition coefficient (Wildman–Crippen LogP) is 2.79. The number of hydrogen-bond donors (Lipinski definition) is 2. The summed E-state index contributed by atoms with van der Waals surface area (Å²) in [6, 6.07) is 13.0. The molecule has 30 heavy (non-hydrogen) atoms. The molecule has 1 atom stereocenters. The molecule has 1 saturated heterocycles. The van der Waals surface area contributed by atoms with Crippen molar-refractivity contribution in [2.75, 3.05) is 45.3 Å². The largest absolute Gasteiger partial charge is 0.495 e. The molecule has 160 valence electrons. The summed E-state index contributed by atoms with van der Waals surface area (Å²) in [5.41, 5.74) is 2.59. The van der Waals surface area contributed by atoms with Gasteiger partial charge in [-0.25, -0.2) is 0 Å².